The molecule has 2 nitrogen and oxygen atoms in total. The molecule has 0 saturated heterocycles. The van der Waals surface area contributed by atoms with Crippen LogP contribution < -0.4 is 4.90 Å². The lowest BCUT2D eigenvalue weighted by Crippen LogP contribution is -2.12. The SMILES string of the molecule is c1ccc(-n2c3ccccc3c3cccc(N(c4ccc5ccc6c7ccccc7ccc6c5c4)c4cccc5ccccc45)c32)cc1. The van der Waals surface area contributed by atoms with Crippen LogP contribution >= 0.6 is 0 Å². The van der Waals surface area contributed by atoms with Crippen LogP contribution in [0.3, 0.4) is 0 Å². The van der Waals surface area contributed by atoms with Crippen LogP contribution in [0, 0.1) is 0 Å². The standard InChI is InChI=1S/C46H30N2/c1-2-15-34(16-3-1)48-44-21-9-8-19-40(44)41-20-11-23-45(46(41)48)47(43-22-10-14-31-12-5-7-18-37(31)43)35-27-24-33-26-28-38-36-17-6-4-13-32(36)25-29-39(38)42(33)30-35/h1-30H. The zero-order valence-electron chi connectivity index (χ0n) is 26.2. The van der Waals surface area contributed by atoms with E-state index in [1.54, 1.807) is 0 Å². The smallest absolute Gasteiger partial charge is 0.0782 e. The Kier molecular flexibility index (Phi) is 5.91. The second-order valence-corrected chi connectivity index (χ2v) is 12.5. The molecule has 0 atom stereocenters. The highest BCUT2D eigenvalue weighted by atomic mass is 15.2. The molecule has 0 aliphatic carbocycles. The lowest BCUT2D eigenvalue weighted by Gasteiger charge is -2.28. The summed E-state index contributed by atoms with van der Waals surface area (Å²) in [5, 5.41) is 12.5. The summed E-state index contributed by atoms with van der Waals surface area (Å²) >= 11 is 0. The van der Waals surface area contributed by atoms with E-state index >= 15 is 0 Å². The van der Waals surface area contributed by atoms with Gasteiger partial charge in [-0.3, -0.25) is 0 Å². The molecule has 10 aromatic rings. The quantitative estimate of drug-likeness (QED) is 0.180. The van der Waals surface area contributed by atoms with E-state index in [1.807, 2.05) is 0 Å². The molecule has 0 fully saturated rings. The molecule has 0 amide bonds. The molecule has 224 valence electrons. The van der Waals surface area contributed by atoms with Crippen LogP contribution in [-0.2, 0) is 0 Å². The average Bonchev–Trinajstić information content (AvgIpc) is 3.50. The first-order valence-electron chi connectivity index (χ1n) is 16.5. The van der Waals surface area contributed by atoms with Gasteiger partial charge in [0.1, 0.15) is 0 Å². The van der Waals surface area contributed by atoms with Crippen molar-refractivity contribution in [1.82, 2.24) is 4.57 Å². The maximum absolute atomic E-state index is 2.47. The fourth-order valence-electron chi connectivity index (χ4n) is 7.78. The Morgan fingerprint density at radius 2 is 0.896 bits per heavy atom. The predicted molar refractivity (Wildman–Crippen MR) is 205 cm³/mol. The molecule has 1 heterocycles. The highest BCUT2D eigenvalue weighted by Crippen LogP contribution is 2.46. The molecule has 0 aliphatic rings. The molecule has 0 radical (unpaired) electrons. The van der Waals surface area contributed by atoms with Crippen molar-refractivity contribution < 1.29 is 0 Å². The van der Waals surface area contributed by atoms with Crippen LogP contribution in [0.25, 0.3) is 70.6 Å². The molecule has 9 aromatic carbocycles. The van der Waals surface area contributed by atoms with Crippen molar-refractivity contribution in [3.8, 4) is 5.69 Å². The highest BCUT2D eigenvalue weighted by Gasteiger charge is 2.23. The maximum atomic E-state index is 2.47. The number of aromatic nitrogens is 1. The molecule has 2 heteroatoms. The molecule has 0 bridgehead atoms. The third-order valence-electron chi connectivity index (χ3n) is 9.92. The number of benzene rings is 9. The number of hydrogen-bond acceptors (Lipinski definition) is 1. The Balaban J connectivity index is 1.33. The van der Waals surface area contributed by atoms with E-state index in [4.69, 9.17) is 0 Å². The summed E-state index contributed by atoms with van der Waals surface area (Å²) in [5.41, 5.74) is 6.92. The van der Waals surface area contributed by atoms with E-state index in [1.165, 1.54) is 64.9 Å². The van der Waals surface area contributed by atoms with Crippen molar-refractivity contribution in [2.75, 3.05) is 4.90 Å². The van der Waals surface area contributed by atoms with Gasteiger partial charge < -0.3 is 9.47 Å². The van der Waals surface area contributed by atoms with Gasteiger partial charge in [-0.05, 0) is 80.2 Å². The monoisotopic (exact) mass is 610 g/mol. The minimum Gasteiger partial charge on any atom is -0.308 e. The second kappa shape index (κ2) is 10.6. The number of para-hydroxylation sites is 3. The molecule has 0 saturated carbocycles. The first-order chi connectivity index (χ1) is 23.8. The Morgan fingerprint density at radius 1 is 0.333 bits per heavy atom. The molecule has 1 aromatic heterocycles. The van der Waals surface area contributed by atoms with Crippen molar-refractivity contribution in [3.63, 3.8) is 0 Å². The van der Waals surface area contributed by atoms with Gasteiger partial charge in [-0.15, -0.1) is 0 Å². The summed E-state index contributed by atoms with van der Waals surface area (Å²) in [6.45, 7) is 0. The summed E-state index contributed by atoms with van der Waals surface area (Å²) in [4.78, 5) is 2.47. The van der Waals surface area contributed by atoms with Crippen LogP contribution in [0.1, 0.15) is 0 Å². The van der Waals surface area contributed by atoms with Crippen LogP contribution in [0.15, 0.2) is 182 Å². The molecular formula is C46H30N2. The average molecular weight is 611 g/mol. The molecule has 10 rings (SSSR count). The fraction of sp³-hybridized carbons (Fsp3) is 0. The summed E-state index contributed by atoms with van der Waals surface area (Å²) in [6.07, 6.45) is 0. The first-order valence-corrected chi connectivity index (χ1v) is 16.5. The largest absolute Gasteiger partial charge is 0.308 e. The molecule has 48 heavy (non-hydrogen) atoms. The molecule has 0 N–H and O–H groups in total. The fourth-order valence-corrected chi connectivity index (χ4v) is 7.78. The Morgan fingerprint density at radius 3 is 1.73 bits per heavy atom. The maximum Gasteiger partial charge on any atom is 0.0782 e. The summed E-state index contributed by atoms with van der Waals surface area (Å²) < 4.78 is 2.43. The first kappa shape index (κ1) is 26.8. The van der Waals surface area contributed by atoms with E-state index in [0.29, 0.717) is 0 Å². The Labute approximate surface area is 278 Å². The minimum absolute atomic E-state index is 1.12. The van der Waals surface area contributed by atoms with Crippen molar-refractivity contribution in [2.45, 2.75) is 0 Å². The van der Waals surface area contributed by atoms with Crippen molar-refractivity contribution in [2.24, 2.45) is 0 Å². The molecule has 0 spiro atoms. The van der Waals surface area contributed by atoms with Crippen LogP contribution in [0.5, 0.6) is 0 Å². The van der Waals surface area contributed by atoms with Crippen LogP contribution in [-0.4, -0.2) is 4.57 Å². The number of rotatable bonds is 4. The zero-order valence-corrected chi connectivity index (χ0v) is 26.2. The van der Waals surface area contributed by atoms with Gasteiger partial charge in [0.15, 0.2) is 0 Å². The van der Waals surface area contributed by atoms with Crippen LogP contribution in [0.2, 0.25) is 0 Å². The Hall–Kier alpha value is -6.38. The van der Waals surface area contributed by atoms with Gasteiger partial charge in [-0.25, -0.2) is 0 Å². The minimum atomic E-state index is 1.12. The third kappa shape index (κ3) is 4.00. The summed E-state index contributed by atoms with van der Waals surface area (Å²) in [6, 6.07) is 66.4. The second-order valence-electron chi connectivity index (χ2n) is 12.5. The van der Waals surface area contributed by atoms with E-state index < -0.39 is 0 Å². The normalized spacial score (nSPS) is 11.8. The van der Waals surface area contributed by atoms with Gasteiger partial charge in [0.25, 0.3) is 0 Å². The van der Waals surface area contributed by atoms with E-state index in [9.17, 15) is 0 Å². The lowest BCUT2D eigenvalue weighted by atomic mass is 9.96. The summed E-state index contributed by atoms with van der Waals surface area (Å²) in [7, 11) is 0. The van der Waals surface area contributed by atoms with E-state index in [2.05, 4.69) is 191 Å². The number of anilines is 3. The molecular weight excluding hydrogens is 581 g/mol. The lowest BCUT2D eigenvalue weighted by molar-refractivity contribution is 1.17. The van der Waals surface area contributed by atoms with Crippen molar-refractivity contribution in [3.05, 3.63) is 182 Å². The van der Waals surface area contributed by atoms with Gasteiger partial charge in [-0.2, -0.15) is 0 Å². The van der Waals surface area contributed by atoms with E-state index in [-0.39, 0.29) is 0 Å². The summed E-state index contributed by atoms with van der Waals surface area (Å²) in [5.74, 6) is 0. The zero-order chi connectivity index (χ0) is 31.6. The number of nitrogens with zero attached hydrogens (tertiary/aromatic N) is 2. The van der Waals surface area contributed by atoms with Gasteiger partial charge in [0.05, 0.1) is 22.4 Å². The predicted octanol–water partition coefficient (Wildman–Crippen LogP) is 12.9. The van der Waals surface area contributed by atoms with Gasteiger partial charge in [-0.1, -0.05) is 140 Å². The molecule has 0 unspecified atom stereocenters. The third-order valence-corrected chi connectivity index (χ3v) is 9.92. The topological polar surface area (TPSA) is 8.17 Å². The Bertz CT molecular complexity index is 2840. The van der Waals surface area contributed by atoms with Gasteiger partial charge in [0, 0.05) is 27.5 Å². The molecule has 0 aliphatic heterocycles. The van der Waals surface area contributed by atoms with Gasteiger partial charge in [0.2, 0.25) is 0 Å². The van der Waals surface area contributed by atoms with Gasteiger partial charge >= 0.3 is 0 Å². The van der Waals surface area contributed by atoms with Crippen molar-refractivity contribution in [1.29, 1.82) is 0 Å². The number of hydrogen-bond donors (Lipinski definition) is 0. The van der Waals surface area contributed by atoms with Crippen molar-refractivity contribution >= 4 is 82.0 Å². The number of fused-ring (bicyclic) bond motifs is 9. The van der Waals surface area contributed by atoms with Crippen LogP contribution in [0.4, 0.5) is 17.1 Å². The highest BCUT2D eigenvalue weighted by molar-refractivity contribution is 6.19. The van der Waals surface area contributed by atoms with E-state index in [0.717, 1.165) is 22.7 Å².